The summed E-state index contributed by atoms with van der Waals surface area (Å²) >= 11 is 0. The Bertz CT molecular complexity index is 1220. The summed E-state index contributed by atoms with van der Waals surface area (Å²) < 4.78 is 1.83. The van der Waals surface area contributed by atoms with Gasteiger partial charge in [0.1, 0.15) is 17.8 Å². The first-order chi connectivity index (χ1) is 15.6. The summed E-state index contributed by atoms with van der Waals surface area (Å²) in [5, 5.41) is 0. The van der Waals surface area contributed by atoms with Crippen LogP contribution in [0.25, 0.3) is 11.2 Å². The number of aromatic amines is 1. The van der Waals surface area contributed by atoms with Crippen molar-refractivity contribution in [1.82, 2.24) is 29.4 Å². The van der Waals surface area contributed by atoms with Crippen molar-refractivity contribution >= 4 is 22.9 Å². The fraction of sp³-hybridized carbons (Fsp3) is 0.542. The summed E-state index contributed by atoms with van der Waals surface area (Å²) in [4.78, 5) is 45.5. The minimum absolute atomic E-state index is 0. The molecule has 9 nitrogen and oxygen atoms in total. The maximum atomic E-state index is 13.0. The molecule has 0 aromatic carbocycles. The molecule has 0 bridgehead atoms. The van der Waals surface area contributed by atoms with Gasteiger partial charge in [-0.05, 0) is 49.7 Å². The van der Waals surface area contributed by atoms with Crippen molar-refractivity contribution < 1.29 is 4.79 Å². The molecule has 33 heavy (non-hydrogen) atoms. The Kier molecular flexibility index (Phi) is 5.42. The molecule has 0 atom stereocenters. The van der Waals surface area contributed by atoms with Crippen LogP contribution in [0.3, 0.4) is 0 Å². The van der Waals surface area contributed by atoms with E-state index >= 15 is 0 Å². The van der Waals surface area contributed by atoms with Gasteiger partial charge in [0.2, 0.25) is 0 Å². The molecular formula is C24H31N7O2. The average Bonchev–Trinajstić information content (AvgIpc) is 3.40. The Labute approximate surface area is 192 Å². The lowest BCUT2D eigenvalue weighted by Gasteiger charge is -2.37. The third-order valence-electron chi connectivity index (χ3n) is 7.66. The van der Waals surface area contributed by atoms with E-state index in [4.69, 9.17) is 0 Å². The molecule has 3 aromatic rings. The second-order valence-electron chi connectivity index (χ2n) is 9.48. The lowest BCUT2D eigenvalue weighted by Crippen LogP contribution is -2.38. The number of carbonyl (C=O) groups excluding carboxylic acids is 1. The number of piperidine rings is 1. The molecule has 6 rings (SSSR count). The zero-order valence-electron chi connectivity index (χ0n) is 18.0. The first-order valence-corrected chi connectivity index (χ1v) is 11.5. The normalized spacial score (nSPS) is 20.1. The van der Waals surface area contributed by atoms with Crippen LogP contribution in [0.5, 0.6) is 0 Å². The number of nitrogens with one attached hydrogen (secondary N) is 1. The Morgan fingerprint density at radius 2 is 1.91 bits per heavy atom. The third kappa shape index (κ3) is 3.69. The maximum Gasteiger partial charge on any atom is 0.327 e. The van der Waals surface area contributed by atoms with Crippen molar-refractivity contribution in [2.75, 3.05) is 31.1 Å². The average molecular weight is 450 g/mol. The molecular weight excluding hydrogens is 418 g/mol. The van der Waals surface area contributed by atoms with E-state index in [1.807, 2.05) is 27.7 Å². The summed E-state index contributed by atoms with van der Waals surface area (Å²) in [6.07, 6.45) is 9.73. The fourth-order valence-corrected chi connectivity index (χ4v) is 5.67. The highest BCUT2D eigenvalue weighted by Crippen LogP contribution is 2.48. The van der Waals surface area contributed by atoms with Gasteiger partial charge in [0.25, 0.3) is 5.91 Å². The van der Waals surface area contributed by atoms with Gasteiger partial charge in [0.05, 0.1) is 5.52 Å². The van der Waals surface area contributed by atoms with Crippen LogP contribution in [0.4, 0.5) is 5.82 Å². The van der Waals surface area contributed by atoms with Crippen LogP contribution in [0.15, 0.2) is 35.5 Å². The van der Waals surface area contributed by atoms with Crippen molar-refractivity contribution in [3.63, 3.8) is 0 Å². The number of hydrogen-bond donors (Lipinski definition) is 1. The van der Waals surface area contributed by atoms with Crippen LogP contribution in [0.1, 0.15) is 62.5 Å². The molecule has 1 N–H and O–H groups in total. The first kappa shape index (κ1) is 21.6. The second-order valence-corrected chi connectivity index (χ2v) is 9.48. The number of fused-ring (bicyclic) bond motifs is 1. The van der Waals surface area contributed by atoms with Crippen molar-refractivity contribution in [2.45, 2.75) is 52.0 Å². The molecule has 0 radical (unpaired) electrons. The molecule has 3 aromatic heterocycles. The fourth-order valence-electron chi connectivity index (χ4n) is 5.67. The largest absolute Gasteiger partial charge is 0.356 e. The van der Waals surface area contributed by atoms with Gasteiger partial charge in [0.15, 0.2) is 5.65 Å². The summed E-state index contributed by atoms with van der Waals surface area (Å²) in [5.74, 6) is 0.803. The first-order valence-electron chi connectivity index (χ1n) is 11.5. The molecule has 174 valence electrons. The zero-order valence-corrected chi connectivity index (χ0v) is 18.0. The van der Waals surface area contributed by atoms with E-state index in [-0.39, 0.29) is 25.1 Å². The molecule has 1 amide bonds. The number of amides is 1. The topological polar surface area (TPSA) is 100 Å². The van der Waals surface area contributed by atoms with Crippen LogP contribution in [0, 0.1) is 5.41 Å². The summed E-state index contributed by atoms with van der Waals surface area (Å²) in [6.45, 7) is 3.23. The van der Waals surface area contributed by atoms with Crippen LogP contribution < -0.4 is 10.6 Å². The lowest BCUT2D eigenvalue weighted by atomic mass is 9.68. The van der Waals surface area contributed by atoms with Gasteiger partial charge >= 0.3 is 5.69 Å². The van der Waals surface area contributed by atoms with E-state index in [1.165, 1.54) is 25.6 Å². The SMILES string of the molecule is C.O=C(c1cc(N2CCC(n3c(=O)[nH]c4ncccc43)CC2)ncn1)N1CCC2(CCC2)C1. The Morgan fingerprint density at radius 1 is 1.09 bits per heavy atom. The quantitative estimate of drug-likeness (QED) is 0.660. The van der Waals surface area contributed by atoms with Gasteiger partial charge in [-0.2, -0.15) is 0 Å². The Hall–Kier alpha value is -3.23. The monoisotopic (exact) mass is 449 g/mol. The Balaban J connectivity index is 0.00000228. The van der Waals surface area contributed by atoms with Gasteiger partial charge in [-0.1, -0.05) is 13.8 Å². The molecule has 9 heteroatoms. The predicted molar refractivity (Wildman–Crippen MR) is 126 cm³/mol. The molecule has 2 saturated heterocycles. The predicted octanol–water partition coefficient (Wildman–Crippen LogP) is 3.01. The smallest absolute Gasteiger partial charge is 0.327 e. The highest BCUT2D eigenvalue weighted by molar-refractivity contribution is 5.93. The minimum atomic E-state index is -0.109. The number of anilines is 1. The number of carbonyl (C=O) groups is 1. The molecule has 3 aliphatic rings. The standard InChI is InChI=1S/C23H27N7O2.CH4/c31-21(29-12-8-23(14-29)6-2-7-23)17-13-19(26-15-25-17)28-10-4-16(5-11-28)30-18-3-1-9-24-20(18)27-22(30)32;/h1,3,9,13,15-16H,2,4-8,10-12,14H2,(H,24,27,32);1H4. The van der Waals surface area contributed by atoms with E-state index in [9.17, 15) is 9.59 Å². The molecule has 5 heterocycles. The van der Waals surface area contributed by atoms with Gasteiger partial charge in [-0.3, -0.25) is 14.3 Å². The highest BCUT2D eigenvalue weighted by Gasteiger charge is 2.44. The number of likely N-dealkylation sites (tertiary alicyclic amines) is 1. The minimum Gasteiger partial charge on any atom is -0.356 e. The summed E-state index contributed by atoms with van der Waals surface area (Å²) in [5.41, 5.74) is 2.23. The summed E-state index contributed by atoms with van der Waals surface area (Å²) in [6, 6.07) is 5.73. The van der Waals surface area contributed by atoms with Gasteiger partial charge in [0, 0.05) is 44.5 Å². The number of hydrogen-bond acceptors (Lipinski definition) is 6. The van der Waals surface area contributed by atoms with Gasteiger partial charge < -0.3 is 9.80 Å². The van der Waals surface area contributed by atoms with Gasteiger partial charge in [-0.25, -0.2) is 19.7 Å². The molecule has 2 aliphatic heterocycles. The maximum absolute atomic E-state index is 13.0. The number of rotatable bonds is 3. The van der Waals surface area contributed by atoms with Crippen molar-refractivity contribution in [2.24, 2.45) is 5.41 Å². The van der Waals surface area contributed by atoms with E-state index in [0.717, 1.165) is 56.8 Å². The molecule has 3 fully saturated rings. The van der Waals surface area contributed by atoms with Crippen LogP contribution in [0.2, 0.25) is 0 Å². The van der Waals surface area contributed by atoms with Crippen molar-refractivity contribution in [3.8, 4) is 0 Å². The van der Waals surface area contributed by atoms with Crippen LogP contribution in [-0.2, 0) is 0 Å². The zero-order chi connectivity index (χ0) is 21.7. The Morgan fingerprint density at radius 3 is 2.64 bits per heavy atom. The van der Waals surface area contributed by atoms with Crippen molar-refractivity contribution in [1.29, 1.82) is 0 Å². The highest BCUT2D eigenvalue weighted by atomic mass is 16.2. The van der Waals surface area contributed by atoms with Gasteiger partial charge in [-0.15, -0.1) is 0 Å². The number of imidazole rings is 1. The molecule has 1 aliphatic carbocycles. The van der Waals surface area contributed by atoms with Crippen LogP contribution in [-0.4, -0.2) is 61.5 Å². The molecule has 1 saturated carbocycles. The second kappa shape index (κ2) is 8.28. The van der Waals surface area contributed by atoms with E-state index < -0.39 is 0 Å². The summed E-state index contributed by atoms with van der Waals surface area (Å²) in [7, 11) is 0. The molecule has 1 spiro atoms. The van der Waals surface area contributed by atoms with E-state index in [0.29, 0.717) is 16.8 Å². The number of aromatic nitrogens is 5. The number of nitrogens with zero attached hydrogens (tertiary/aromatic N) is 6. The number of H-pyrrole nitrogens is 1. The lowest BCUT2D eigenvalue weighted by molar-refractivity contribution is 0.0726. The van der Waals surface area contributed by atoms with E-state index in [1.54, 1.807) is 6.20 Å². The third-order valence-corrected chi connectivity index (χ3v) is 7.66. The number of pyridine rings is 1. The van der Waals surface area contributed by atoms with E-state index in [2.05, 4.69) is 24.8 Å². The van der Waals surface area contributed by atoms with Crippen molar-refractivity contribution in [3.05, 3.63) is 46.9 Å². The van der Waals surface area contributed by atoms with Crippen LogP contribution >= 0.6 is 0 Å². The molecule has 0 unspecified atom stereocenters.